The lowest BCUT2D eigenvalue weighted by atomic mass is 10.9. The molecule has 27 heavy (non-hydrogen) atoms. The second kappa shape index (κ2) is 9.82. The van der Waals surface area contributed by atoms with Gasteiger partial charge in [0.1, 0.15) is 0 Å². The van der Waals surface area contributed by atoms with E-state index in [0.717, 1.165) is 0 Å². The van der Waals surface area contributed by atoms with Gasteiger partial charge in [0.05, 0.1) is 31.3 Å². The van der Waals surface area contributed by atoms with Crippen LogP contribution in [0.3, 0.4) is 0 Å². The highest BCUT2D eigenvalue weighted by molar-refractivity contribution is 7.87. The molecule has 0 fully saturated rings. The molecular formula is C8H13F6O10PS2. The molecule has 0 aromatic rings. The van der Waals surface area contributed by atoms with Gasteiger partial charge in [-0.3, -0.25) is 13.6 Å². The molecule has 0 radical (unpaired) electrons. The Morgan fingerprint density at radius 2 is 1.07 bits per heavy atom. The minimum absolute atomic E-state index is 0.408. The van der Waals surface area contributed by atoms with Crippen molar-refractivity contribution in [1.82, 2.24) is 0 Å². The van der Waals surface area contributed by atoms with Crippen LogP contribution in [0.5, 0.6) is 0 Å². The first-order valence-corrected chi connectivity index (χ1v) is 11.0. The van der Waals surface area contributed by atoms with Crippen LogP contribution in [0.15, 0.2) is 0 Å². The Hall–Kier alpha value is -0.490. The topological polar surface area (TPSA) is 132 Å². The van der Waals surface area contributed by atoms with E-state index in [1.807, 2.05) is 0 Å². The van der Waals surface area contributed by atoms with E-state index in [4.69, 9.17) is 0 Å². The van der Waals surface area contributed by atoms with Gasteiger partial charge in [-0.15, -0.1) is 26.3 Å². The molecule has 0 rings (SSSR count). The zero-order valence-electron chi connectivity index (χ0n) is 13.1. The Kier molecular flexibility index (Phi) is 9.64. The molecule has 0 saturated heterocycles. The molecule has 10 nitrogen and oxygen atoms in total. The van der Waals surface area contributed by atoms with E-state index < -0.39 is 72.1 Å². The minimum atomic E-state index is -5.51. The highest BCUT2D eigenvalue weighted by Crippen LogP contribution is 2.49. The lowest BCUT2D eigenvalue weighted by Gasteiger charge is -2.17. The zero-order chi connectivity index (χ0) is 21.6. The average Bonchev–Trinajstić information content (AvgIpc) is 2.31. The van der Waals surface area contributed by atoms with Crippen LogP contribution < -0.4 is 0 Å². The Bertz CT molecular complexity index is 659. The van der Waals surface area contributed by atoms with Crippen LogP contribution in [0.4, 0.5) is 26.3 Å². The molecule has 164 valence electrons. The normalized spacial score (nSPS) is 14.5. The summed E-state index contributed by atoms with van der Waals surface area (Å²) in [5, 5.41) is 0. The molecule has 0 aliphatic carbocycles. The minimum Gasteiger partial charge on any atom is -0.287 e. The molecule has 0 amide bonds. The van der Waals surface area contributed by atoms with Crippen molar-refractivity contribution in [1.29, 1.82) is 0 Å². The third kappa shape index (κ3) is 14.2. The second-order valence-electron chi connectivity index (χ2n) is 4.11. The summed E-state index contributed by atoms with van der Waals surface area (Å²) in [4.78, 5) is 0. The fraction of sp³-hybridized carbons (Fsp3) is 1.00. The van der Waals surface area contributed by atoms with E-state index in [-0.39, 0.29) is 0 Å². The number of phosphoric acid groups is 1. The zero-order valence-corrected chi connectivity index (χ0v) is 15.7. The van der Waals surface area contributed by atoms with Crippen LogP contribution in [-0.4, -0.2) is 60.9 Å². The molecule has 0 saturated carbocycles. The first-order valence-electron chi connectivity index (χ1n) is 6.42. The maximum atomic E-state index is 12.0. The van der Waals surface area contributed by atoms with Crippen molar-refractivity contribution in [2.75, 3.05) is 31.3 Å². The van der Waals surface area contributed by atoms with Crippen LogP contribution in [0, 0.1) is 0 Å². The summed E-state index contributed by atoms with van der Waals surface area (Å²) in [6.45, 7) is -1.57. The summed E-state index contributed by atoms with van der Waals surface area (Å²) in [6, 6.07) is 0. The van der Waals surface area contributed by atoms with Crippen molar-refractivity contribution in [3.05, 3.63) is 0 Å². The molecular weight excluding hydrogens is 465 g/mol. The van der Waals surface area contributed by atoms with E-state index >= 15 is 0 Å². The van der Waals surface area contributed by atoms with Crippen molar-refractivity contribution in [2.45, 2.75) is 19.6 Å². The number of halogens is 6. The number of hydrogen-bond acceptors (Lipinski definition) is 10. The van der Waals surface area contributed by atoms with Gasteiger partial charge in [-0.25, -0.2) is 4.57 Å². The number of rotatable bonds is 12. The largest absolute Gasteiger partial charge is 0.537 e. The summed E-state index contributed by atoms with van der Waals surface area (Å²) in [5.41, 5.74) is 0. The number of hydrogen-bond donors (Lipinski definition) is 0. The van der Waals surface area contributed by atoms with Crippen molar-refractivity contribution < 1.29 is 69.7 Å². The predicted molar refractivity (Wildman–Crippen MR) is 73.0 cm³/mol. The van der Waals surface area contributed by atoms with Crippen LogP contribution in [-0.2, 0) is 46.7 Å². The molecule has 0 aromatic carbocycles. The molecule has 0 spiro atoms. The molecule has 0 aliphatic heterocycles. The van der Waals surface area contributed by atoms with E-state index in [1.54, 1.807) is 0 Å². The molecule has 19 heteroatoms. The third-order valence-corrected chi connectivity index (χ3v) is 5.69. The van der Waals surface area contributed by atoms with Crippen molar-refractivity contribution in [2.24, 2.45) is 0 Å². The highest BCUT2D eigenvalue weighted by atomic mass is 32.2. The van der Waals surface area contributed by atoms with Gasteiger partial charge in [0, 0.05) is 0 Å². The molecule has 0 atom stereocenters. The maximum absolute atomic E-state index is 12.0. The Balaban J connectivity index is 4.70. The molecule has 0 N–H and O–H groups in total. The van der Waals surface area contributed by atoms with Crippen LogP contribution >= 0.6 is 7.82 Å². The van der Waals surface area contributed by atoms with E-state index in [2.05, 4.69) is 21.9 Å². The van der Waals surface area contributed by atoms with Gasteiger partial charge in [0.15, 0.2) is 0 Å². The van der Waals surface area contributed by atoms with Crippen LogP contribution in [0.1, 0.15) is 6.92 Å². The SMILES string of the molecule is CCOP(=O)(OCCS(=O)(=O)OC(F)(F)F)OCCS(=O)(=O)OC(F)(F)F. The van der Waals surface area contributed by atoms with Gasteiger partial charge in [0.25, 0.3) is 20.2 Å². The van der Waals surface area contributed by atoms with Crippen LogP contribution in [0.25, 0.3) is 0 Å². The first kappa shape index (κ1) is 26.5. The smallest absolute Gasteiger partial charge is 0.287 e. The van der Waals surface area contributed by atoms with Crippen LogP contribution in [0.2, 0.25) is 0 Å². The van der Waals surface area contributed by atoms with E-state index in [1.165, 1.54) is 6.92 Å². The van der Waals surface area contributed by atoms with Gasteiger partial charge in [-0.2, -0.15) is 25.2 Å². The summed E-state index contributed by atoms with van der Waals surface area (Å²) in [7, 11) is -15.0. The number of alkyl halides is 6. The van der Waals surface area contributed by atoms with Gasteiger partial charge in [-0.1, -0.05) is 0 Å². The second-order valence-corrected chi connectivity index (χ2v) is 9.16. The van der Waals surface area contributed by atoms with E-state index in [0.29, 0.717) is 0 Å². The fourth-order valence-corrected chi connectivity index (χ4v) is 3.88. The van der Waals surface area contributed by atoms with Gasteiger partial charge in [-0.05, 0) is 6.92 Å². The van der Waals surface area contributed by atoms with Gasteiger partial charge >= 0.3 is 20.5 Å². The highest BCUT2D eigenvalue weighted by Gasteiger charge is 2.38. The lowest BCUT2D eigenvalue weighted by molar-refractivity contribution is -0.273. The molecule has 0 bridgehead atoms. The molecule has 0 aromatic heterocycles. The third-order valence-electron chi connectivity index (χ3n) is 1.90. The molecule has 0 aliphatic rings. The molecule has 0 heterocycles. The predicted octanol–water partition coefficient (Wildman–Crippen LogP) is 1.90. The summed E-state index contributed by atoms with van der Waals surface area (Å²) in [5.74, 6) is -2.88. The summed E-state index contributed by atoms with van der Waals surface area (Å²) < 4.78 is 146. The fourth-order valence-electron chi connectivity index (χ4n) is 1.14. The first-order chi connectivity index (χ1) is 11.9. The lowest BCUT2D eigenvalue weighted by Crippen LogP contribution is -2.24. The Morgan fingerprint density at radius 3 is 1.33 bits per heavy atom. The summed E-state index contributed by atoms with van der Waals surface area (Å²) >= 11 is 0. The Labute approximate surface area is 149 Å². The quantitative estimate of drug-likeness (QED) is 0.233. The van der Waals surface area contributed by atoms with E-state index in [9.17, 15) is 47.7 Å². The average molecular weight is 478 g/mol. The monoisotopic (exact) mass is 478 g/mol. The Morgan fingerprint density at radius 1 is 0.741 bits per heavy atom. The standard InChI is InChI=1S/C8H13F6O10PS2/c1-2-20-25(15,21-3-5-26(16,17)23-7(9,10)11)22-4-6-27(18,19)24-8(12,13)14/h2-6H2,1H3. The van der Waals surface area contributed by atoms with Crippen molar-refractivity contribution in [3.8, 4) is 0 Å². The summed E-state index contributed by atoms with van der Waals surface area (Å²) in [6.07, 6.45) is -11.0. The van der Waals surface area contributed by atoms with Gasteiger partial charge in [0.2, 0.25) is 0 Å². The number of phosphoric ester groups is 1. The maximum Gasteiger partial charge on any atom is 0.537 e. The molecule has 0 unspecified atom stereocenters. The van der Waals surface area contributed by atoms with Gasteiger partial charge < -0.3 is 0 Å². The van der Waals surface area contributed by atoms with Crippen molar-refractivity contribution >= 4 is 28.1 Å². The van der Waals surface area contributed by atoms with Crippen molar-refractivity contribution in [3.63, 3.8) is 0 Å².